The summed E-state index contributed by atoms with van der Waals surface area (Å²) in [7, 11) is 0. The lowest BCUT2D eigenvalue weighted by atomic mass is 9.96. The van der Waals surface area contributed by atoms with Crippen molar-refractivity contribution in [1.82, 2.24) is 19.5 Å². The second-order valence-corrected chi connectivity index (χ2v) is 7.33. The van der Waals surface area contributed by atoms with Crippen molar-refractivity contribution in [2.75, 3.05) is 5.73 Å². The van der Waals surface area contributed by atoms with Gasteiger partial charge in [-0.3, -0.25) is 4.57 Å². The molecule has 1 aromatic carbocycles. The maximum atomic E-state index is 15.4. The molecule has 0 spiro atoms. The van der Waals surface area contributed by atoms with E-state index >= 15 is 4.39 Å². The zero-order chi connectivity index (χ0) is 20.8. The Kier molecular flexibility index (Phi) is 4.87. The van der Waals surface area contributed by atoms with Crippen LogP contribution in [0.1, 0.15) is 36.9 Å². The maximum absolute atomic E-state index is 15.4. The van der Waals surface area contributed by atoms with Gasteiger partial charge in [0.05, 0.1) is 18.0 Å². The average Bonchev–Trinajstić information content (AvgIpc) is 3.22. The third-order valence-corrected chi connectivity index (χ3v) is 5.30. The molecule has 8 nitrogen and oxygen atoms in total. The highest BCUT2D eigenvalue weighted by Crippen LogP contribution is 2.45. The van der Waals surface area contributed by atoms with E-state index in [1.807, 2.05) is 0 Å². The summed E-state index contributed by atoms with van der Waals surface area (Å²) in [4.78, 5) is 24.9. The Morgan fingerprint density at radius 1 is 1.38 bits per heavy atom. The molecule has 1 aliphatic rings. The number of nitrogens with zero attached hydrogens (tertiary/aromatic N) is 4. The van der Waals surface area contributed by atoms with Crippen molar-refractivity contribution in [3.05, 3.63) is 47.4 Å². The average molecular weight is 420 g/mol. The summed E-state index contributed by atoms with van der Waals surface area (Å²) in [6.45, 7) is 3.29. The smallest absolute Gasteiger partial charge is 0.338 e. The van der Waals surface area contributed by atoms with Crippen LogP contribution in [-0.2, 0) is 9.47 Å². The number of aromatic nitrogens is 4. The van der Waals surface area contributed by atoms with Gasteiger partial charge in [-0.05, 0) is 25.5 Å². The largest absolute Gasteiger partial charge is 0.448 e. The van der Waals surface area contributed by atoms with Crippen LogP contribution in [0, 0.1) is 0 Å². The number of carbonyl (C=O) groups excluding carboxylic acids is 1. The van der Waals surface area contributed by atoms with Gasteiger partial charge in [0.1, 0.15) is 5.52 Å². The van der Waals surface area contributed by atoms with Crippen LogP contribution in [0.25, 0.3) is 11.2 Å². The summed E-state index contributed by atoms with van der Waals surface area (Å²) in [5.74, 6) is -0.716. The molecule has 1 saturated heterocycles. The number of carbonyl (C=O) groups is 1. The van der Waals surface area contributed by atoms with Gasteiger partial charge in [0.2, 0.25) is 5.95 Å². The third kappa shape index (κ3) is 3.20. The Bertz CT molecular complexity index is 1060. The normalized spacial score (nSPS) is 26.7. The Labute approximate surface area is 170 Å². The van der Waals surface area contributed by atoms with E-state index in [0.717, 1.165) is 0 Å². The molecule has 152 valence electrons. The number of rotatable bonds is 4. The van der Waals surface area contributed by atoms with Crippen LogP contribution in [-0.4, -0.2) is 43.4 Å². The number of hydrogen-bond donors (Lipinski definition) is 1. The quantitative estimate of drug-likeness (QED) is 0.510. The second kappa shape index (κ2) is 7.23. The monoisotopic (exact) mass is 419 g/mol. The number of benzene rings is 1. The molecule has 29 heavy (non-hydrogen) atoms. The Morgan fingerprint density at radius 3 is 2.79 bits per heavy atom. The minimum absolute atomic E-state index is 0.0610. The highest BCUT2D eigenvalue weighted by atomic mass is 35.5. The van der Waals surface area contributed by atoms with E-state index in [-0.39, 0.29) is 22.3 Å². The van der Waals surface area contributed by atoms with Crippen molar-refractivity contribution >= 4 is 34.7 Å². The number of esters is 1. The molecule has 0 saturated carbocycles. The summed E-state index contributed by atoms with van der Waals surface area (Å²) < 4.78 is 28.5. The minimum Gasteiger partial charge on any atom is -0.448 e. The van der Waals surface area contributed by atoms with Crippen LogP contribution in [0.3, 0.4) is 0 Å². The van der Waals surface area contributed by atoms with Crippen LogP contribution in [0.5, 0.6) is 0 Å². The number of nitrogens with two attached hydrogens (primary N) is 1. The molecule has 0 bridgehead atoms. The number of nitrogen functional groups attached to an aromatic ring is 1. The van der Waals surface area contributed by atoms with Crippen LogP contribution in [0.15, 0.2) is 36.7 Å². The van der Waals surface area contributed by atoms with Gasteiger partial charge in [-0.25, -0.2) is 14.2 Å². The van der Waals surface area contributed by atoms with Crippen LogP contribution >= 0.6 is 11.6 Å². The third-order valence-electron chi connectivity index (χ3n) is 5.04. The van der Waals surface area contributed by atoms with Crippen molar-refractivity contribution in [3.8, 4) is 0 Å². The van der Waals surface area contributed by atoms with E-state index in [0.29, 0.717) is 12.0 Å². The Balaban J connectivity index is 1.78. The lowest BCUT2D eigenvalue weighted by Gasteiger charge is -2.31. The fourth-order valence-electron chi connectivity index (χ4n) is 3.53. The van der Waals surface area contributed by atoms with E-state index in [9.17, 15) is 4.79 Å². The summed E-state index contributed by atoms with van der Waals surface area (Å²) >= 11 is 6.10. The predicted molar refractivity (Wildman–Crippen MR) is 104 cm³/mol. The fraction of sp³-hybridized carbons (Fsp3) is 0.368. The molecule has 0 aliphatic carbocycles. The van der Waals surface area contributed by atoms with E-state index in [4.69, 9.17) is 26.8 Å². The zero-order valence-corrected chi connectivity index (χ0v) is 16.5. The first-order chi connectivity index (χ1) is 13.8. The van der Waals surface area contributed by atoms with Crippen LogP contribution < -0.4 is 5.73 Å². The van der Waals surface area contributed by atoms with E-state index < -0.39 is 30.1 Å². The molecule has 0 unspecified atom stereocenters. The first kappa shape index (κ1) is 19.5. The van der Waals surface area contributed by atoms with Gasteiger partial charge < -0.3 is 15.2 Å². The van der Waals surface area contributed by atoms with Gasteiger partial charge in [-0.1, -0.05) is 36.7 Å². The molecule has 2 N–H and O–H groups in total. The van der Waals surface area contributed by atoms with Crippen molar-refractivity contribution in [1.29, 1.82) is 0 Å². The number of hydrogen-bond acceptors (Lipinski definition) is 7. The molecule has 0 amide bonds. The summed E-state index contributed by atoms with van der Waals surface area (Å²) in [6.07, 6.45) is -1.58. The molecule has 1 fully saturated rings. The molecule has 3 aromatic rings. The molecule has 1 aliphatic heterocycles. The molecule has 10 heteroatoms. The summed E-state index contributed by atoms with van der Waals surface area (Å²) in [6, 6.07) is 8.38. The van der Waals surface area contributed by atoms with Crippen molar-refractivity contribution in [3.63, 3.8) is 0 Å². The molecule has 0 radical (unpaired) electrons. The molecule has 4 rings (SSSR count). The van der Waals surface area contributed by atoms with Gasteiger partial charge in [0, 0.05) is 0 Å². The SMILES string of the molecule is CC[C@H]1O[C@@H](n2cnc3c(Cl)nc(N)nc32)[C@](C)(OC(=O)c2ccccc2)[C@H]1F. The number of halogens is 2. The van der Waals surface area contributed by atoms with E-state index in [1.54, 1.807) is 37.3 Å². The maximum Gasteiger partial charge on any atom is 0.338 e. The molecular weight excluding hydrogens is 401 g/mol. The van der Waals surface area contributed by atoms with Crippen molar-refractivity contribution in [2.45, 2.75) is 44.4 Å². The van der Waals surface area contributed by atoms with Gasteiger partial charge in [0.15, 0.2) is 28.8 Å². The number of alkyl halides is 1. The zero-order valence-electron chi connectivity index (χ0n) is 15.8. The number of ether oxygens (including phenoxy) is 2. The highest BCUT2D eigenvalue weighted by molar-refractivity contribution is 6.33. The van der Waals surface area contributed by atoms with Crippen molar-refractivity contribution in [2.24, 2.45) is 0 Å². The number of fused-ring (bicyclic) bond motifs is 1. The van der Waals surface area contributed by atoms with Crippen LogP contribution in [0.2, 0.25) is 5.15 Å². The Morgan fingerprint density at radius 2 is 2.10 bits per heavy atom. The first-order valence-corrected chi connectivity index (χ1v) is 9.46. The standard InChI is InChI=1S/C19H19ClFN5O3/c1-3-11-13(21)19(2,29-16(27)10-7-5-4-6-8-10)17(28-11)26-9-23-12-14(20)24-18(22)25-15(12)26/h4-9,11,13,17H,3H2,1-2H3,(H2,22,24,25)/t11-,13+,17-,19-/m1/s1. The minimum atomic E-state index is -1.63. The van der Waals surface area contributed by atoms with E-state index in [1.165, 1.54) is 17.8 Å². The van der Waals surface area contributed by atoms with Gasteiger partial charge in [-0.2, -0.15) is 9.97 Å². The molecule has 4 atom stereocenters. The molecular formula is C19H19ClFN5O3. The van der Waals surface area contributed by atoms with Gasteiger partial charge >= 0.3 is 5.97 Å². The van der Waals surface area contributed by atoms with Crippen LogP contribution in [0.4, 0.5) is 10.3 Å². The number of imidazole rings is 1. The first-order valence-electron chi connectivity index (χ1n) is 9.08. The topological polar surface area (TPSA) is 105 Å². The van der Waals surface area contributed by atoms with Crippen molar-refractivity contribution < 1.29 is 18.7 Å². The van der Waals surface area contributed by atoms with E-state index in [2.05, 4.69) is 15.0 Å². The lowest BCUT2D eigenvalue weighted by Crippen LogP contribution is -2.45. The molecule has 3 heterocycles. The summed E-state index contributed by atoms with van der Waals surface area (Å²) in [5, 5.41) is 0.0658. The van der Waals surface area contributed by atoms with Gasteiger partial charge in [0.25, 0.3) is 0 Å². The molecule has 2 aromatic heterocycles. The predicted octanol–water partition coefficient (Wildman–Crippen LogP) is 3.32. The lowest BCUT2D eigenvalue weighted by molar-refractivity contribution is -0.0974. The highest BCUT2D eigenvalue weighted by Gasteiger charge is 2.58. The number of anilines is 1. The Hall–Kier alpha value is -2.78. The second-order valence-electron chi connectivity index (χ2n) is 6.97. The summed E-state index contributed by atoms with van der Waals surface area (Å²) in [5.41, 5.74) is 4.94. The fourth-order valence-corrected chi connectivity index (χ4v) is 3.75. The van der Waals surface area contributed by atoms with Gasteiger partial charge in [-0.15, -0.1) is 0 Å².